The second kappa shape index (κ2) is 8.42. The van der Waals surface area contributed by atoms with E-state index < -0.39 is 71.1 Å². The number of phenols is 3. The summed E-state index contributed by atoms with van der Waals surface area (Å²) in [5.41, 5.74) is -1.17. The lowest BCUT2D eigenvalue weighted by atomic mass is 9.99. The molecule has 0 amide bonds. The van der Waals surface area contributed by atoms with Gasteiger partial charge in [0.05, 0.1) is 6.61 Å². The molecule has 1 saturated heterocycles. The molecular weight excluding hydrogens is 444 g/mol. The molecule has 176 valence electrons. The highest BCUT2D eigenvalue weighted by molar-refractivity contribution is 5.91. The molecule has 12 heteroatoms. The lowest BCUT2D eigenvalue weighted by Crippen LogP contribution is -2.60. The fourth-order valence-corrected chi connectivity index (χ4v) is 3.50. The lowest BCUT2D eigenvalue weighted by molar-refractivity contribution is -0.277. The van der Waals surface area contributed by atoms with Crippen LogP contribution in [0.15, 0.2) is 39.5 Å². The van der Waals surface area contributed by atoms with Crippen LogP contribution < -0.4 is 10.2 Å². The van der Waals surface area contributed by atoms with Gasteiger partial charge in [0, 0.05) is 11.6 Å². The smallest absolute Gasteiger partial charge is 0.238 e. The van der Waals surface area contributed by atoms with E-state index in [2.05, 4.69) is 0 Å². The maximum atomic E-state index is 12.8. The number of hydrogen-bond donors (Lipinski definition) is 8. The van der Waals surface area contributed by atoms with Gasteiger partial charge in [0.25, 0.3) is 0 Å². The van der Waals surface area contributed by atoms with Gasteiger partial charge in [-0.25, -0.2) is 0 Å². The number of rotatable bonds is 4. The number of fused-ring (bicyclic) bond motifs is 1. The van der Waals surface area contributed by atoms with Crippen molar-refractivity contribution in [3.63, 3.8) is 0 Å². The molecule has 12 nitrogen and oxygen atoms in total. The average molecular weight is 464 g/mol. The van der Waals surface area contributed by atoms with E-state index in [-0.39, 0.29) is 22.7 Å². The summed E-state index contributed by atoms with van der Waals surface area (Å²) in [6.45, 7) is -0.738. The first-order chi connectivity index (χ1) is 15.6. The van der Waals surface area contributed by atoms with Crippen molar-refractivity contribution in [1.29, 1.82) is 0 Å². The van der Waals surface area contributed by atoms with Crippen LogP contribution in [0.2, 0.25) is 0 Å². The molecule has 1 fully saturated rings. The SMILES string of the molecule is O=c1c(O)c(-c2ccc(O)cc2)oc2cc(O)c(OC3OC(CO)C(O)C(O)C3O)c(O)c12. The average Bonchev–Trinajstić information content (AvgIpc) is 2.79. The summed E-state index contributed by atoms with van der Waals surface area (Å²) < 4.78 is 15.9. The molecule has 0 aliphatic carbocycles. The molecule has 1 aliphatic heterocycles. The standard InChI is InChI=1S/C21H20O12/c22-6-11-13(25)16(28)18(30)21(32-11)33-20-9(24)5-10-12(15(20)27)14(26)17(29)19(31-10)7-1-3-8(23)4-2-7/h1-5,11,13,16,18,21-25,27-30H,6H2. The molecule has 5 atom stereocenters. The van der Waals surface area contributed by atoms with Crippen LogP contribution in [0.5, 0.6) is 28.7 Å². The van der Waals surface area contributed by atoms with Crippen molar-refractivity contribution in [2.45, 2.75) is 30.7 Å². The molecule has 8 N–H and O–H groups in total. The van der Waals surface area contributed by atoms with Crippen LogP contribution in [0, 0.1) is 0 Å². The molecule has 33 heavy (non-hydrogen) atoms. The van der Waals surface area contributed by atoms with Gasteiger partial charge in [0.2, 0.25) is 23.2 Å². The predicted molar refractivity (Wildman–Crippen MR) is 109 cm³/mol. The summed E-state index contributed by atoms with van der Waals surface area (Å²) in [6, 6.07) is 6.25. The Morgan fingerprint density at radius 1 is 0.909 bits per heavy atom. The number of aliphatic hydroxyl groups is 4. The van der Waals surface area contributed by atoms with Crippen molar-refractivity contribution in [2.24, 2.45) is 0 Å². The second-order valence-corrected chi connectivity index (χ2v) is 7.42. The third-order valence-corrected chi connectivity index (χ3v) is 5.28. The zero-order valence-corrected chi connectivity index (χ0v) is 16.7. The van der Waals surface area contributed by atoms with E-state index in [0.29, 0.717) is 0 Å². The van der Waals surface area contributed by atoms with Crippen molar-refractivity contribution in [3.8, 4) is 40.1 Å². The molecule has 0 bridgehead atoms. The Balaban J connectivity index is 1.79. The minimum Gasteiger partial charge on any atom is -0.508 e. The fourth-order valence-electron chi connectivity index (χ4n) is 3.50. The number of aliphatic hydroxyl groups excluding tert-OH is 4. The number of benzene rings is 2. The van der Waals surface area contributed by atoms with Crippen LogP contribution in [-0.4, -0.2) is 78.2 Å². The van der Waals surface area contributed by atoms with E-state index in [9.17, 15) is 45.6 Å². The Morgan fingerprint density at radius 3 is 2.21 bits per heavy atom. The van der Waals surface area contributed by atoms with Gasteiger partial charge < -0.3 is 54.7 Å². The molecule has 0 spiro atoms. The third-order valence-electron chi connectivity index (χ3n) is 5.28. The van der Waals surface area contributed by atoms with E-state index >= 15 is 0 Å². The van der Waals surface area contributed by atoms with Crippen LogP contribution in [0.1, 0.15) is 0 Å². The largest absolute Gasteiger partial charge is 0.508 e. The Labute approximate surface area is 184 Å². The Kier molecular flexibility index (Phi) is 5.78. The normalized spacial score (nSPS) is 25.3. The van der Waals surface area contributed by atoms with Gasteiger partial charge in [0.15, 0.2) is 17.3 Å². The van der Waals surface area contributed by atoms with Crippen LogP contribution in [0.3, 0.4) is 0 Å². The molecular formula is C21H20O12. The first-order valence-corrected chi connectivity index (χ1v) is 9.65. The van der Waals surface area contributed by atoms with Crippen LogP contribution in [-0.2, 0) is 4.74 Å². The van der Waals surface area contributed by atoms with Crippen molar-refractivity contribution in [1.82, 2.24) is 0 Å². The molecule has 2 aromatic carbocycles. The maximum Gasteiger partial charge on any atom is 0.238 e. The lowest BCUT2D eigenvalue weighted by Gasteiger charge is -2.39. The predicted octanol–water partition coefficient (Wildman–Crippen LogP) is -0.539. The van der Waals surface area contributed by atoms with E-state index in [1.165, 1.54) is 24.3 Å². The topological polar surface area (TPSA) is 211 Å². The van der Waals surface area contributed by atoms with Crippen molar-refractivity contribution in [3.05, 3.63) is 40.6 Å². The van der Waals surface area contributed by atoms with Gasteiger partial charge in [-0.2, -0.15) is 0 Å². The third kappa shape index (κ3) is 3.79. The summed E-state index contributed by atoms with van der Waals surface area (Å²) >= 11 is 0. The minimum atomic E-state index is -1.85. The monoisotopic (exact) mass is 464 g/mol. The first kappa shape index (κ1) is 22.6. The maximum absolute atomic E-state index is 12.8. The molecule has 2 heterocycles. The number of phenolic OH excluding ortho intramolecular Hbond substituents is 3. The minimum absolute atomic E-state index is 0.0633. The highest BCUT2D eigenvalue weighted by Gasteiger charge is 2.45. The summed E-state index contributed by atoms with van der Waals surface area (Å²) in [7, 11) is 0. The fraction of sp³-hybridized carbons (Fsp3) is 0.286. The summed E-state index contributed by atoms with van der Waals surface area (Å²) in [6.07, 6.45) is -8.37. The zero-order valence-electron chi connectivity index (χ0n) is 16.7. The summed E-state index contributed by atoms with van der Waals surface area (Å²) in [5.74, 6) is -3.66. The van der Waals surface area contributed by atoms with Gasteiger partial charge in [0.1, 0.15) is 41.1 Å². The number of hydrogen-bond acceptors (Lipinski definition) is 12. The molecule has 1 aromatic heterocycles. The van der Waals surface area contributed by atoms with Crippen molar-refractivity contribution < 1.29 is 54.7 Å². The van der Waals surface area contributed by atoms with E-state index in [1.807, 2.05) is 0 Å². The summed E-state index contributed by atoms with van der Waals surface area (Å²) in [4.78, 5) is 12.8. The van der Waals surface area contributed by atoms with Crippen LogP contribution in [0.4, 0.5) is 0 Å². The van der Waals surface area contributed by atoms with Gasteiger partial charge in [-0.3, -0.25) is 4.79 Å². The van der Waals surface area contributed by atoms with Crippen LogP contribution in [0.25, 0.3) is 22.3 Å². The summed E-state index contributed by atoms with van der Waals surface area (Å²) in [5, 5.41) is 79.3. The van der Waals surface area contributed by atoms with Gasteiger partial charge in [-0.15, -0.1) is 0 Å². The molecule has 0 saturated carbocycles. The highest BCUT2D eigenvalue weighted by Crippen LogP contribution is 2.44. The first-order valence-electron chi connectivity index (χ1n) is 9.65. The molecule has 4 rings (SSSR count). The number of ether oxygens (including phenoxy) is 2. The van der Waals surface area contributed by atoms with Crippen molar-refractivity contribution in [2.75, 3.05) is 6.61 Å². The molecule has 5 unspecified atom stereocenters. The second-order valence-electron chi connectivity index (χ2n) is 7.42. The van der Waals surface area contributed by atoms with Gasteiger partial charge in [-0.1, -0.05) is 0 Å². The van der Waals surface area contributed by atoms with E-state index in [0.717, 1.165) is 6.07 Å². The number of aromatic hydroxyl groups is 4. The quantitative estimate of drug-likeness (QED) is 0.245. The van der Waals surface area contributed by atoms with Gasteiger partial charge >= 0.3 is 0 Å². The van der Waals surface area contributed by atoms with Crippen LogP contribution >= 0.6 is 0 Å². The van der Waals surface area contributed by atoms with Gasteiger partial charge in [-0.05, 0) is 24.3 Å². The van der Waals surface area contributed by atoms with Crippen molar-refractivity contribution >= 4 is 11.0 Å². The van der Waals surface area contributed by atoms with E-state index in [4.69, 9.17) is 13.9 Å². The molecule has 1 aliphatic rings. The highest BCUT2D eigenvalue weighted by atomic mass is 16.7. The zero-order chi connectivity index (χ0) is 24.0. The molecule has 0 radical (unpaired) electrons. The Bertz CT molecular complexity index is 1230. The Morgan fingerprint density at radius 2 is 1.58 bits per heavy atom. The molecule has 3 aromatic rings. The van der Waals surface area contributed by atoms with E-state index in [1.54, 1.807) is 0 Å². The Hall–Kier alpha value is -3.55.